The maximum atomic E-state index is 7.85. The zero-order chi connectivity index (χ0) is 12.5. The second-order valence-corrected chi connectivity index (χ2v) is 6.28. The standard InChI is InChI=1S/C4H12O4Si.CH6O4Si/c1-5-9(6-2,7-3)8-4;1-5-6(2,3)4/h1-4H3;2-4H,1H3. The van der Waals surface area contributed by atoms with Crippen LogP contribution in [0.5, 0.6) is 0 Å². The van der Waals surface area contributed by atoms with Gasteiger partial charge in [0, 0.05) is 35.5 Å². The summed E-state index contributed by atoms with van der Waals surface area (Å²) in [6.07, 6.45) is 0. The van der Waals surface area contributed by atoms with Crippen molar-refractivity contribution in [2.75, 3.05) is 35.5 Å². The Hall–Kier alpha value is 0.114. The first kappa shape index (κ1) is 17.5. The highest BCUT2D eigenvalue weighted by molar-refractivity contribution is 6.53. The molecular formula is C5H18O8Si2. The van der Waals surface area contributed by atoms with E-state index in [9.17, 15) is 0 Å². The fourth-order valence-corrected chi connectivity index (χ4v) is 1.50. The molecule has 0 saturated heterocycles. The third-order valence-corrected chi connectivity index (χ3v) is 3.82. The van der Waals surface area contributed by atoms with E-state index in [-0.39, 0.29) is 0 Å². The van der Waals surface area contributed by atoms with E-state index in [2.05, 4.69) is 4.43 Å². The summed E-state index contributed by atoms with van der Waals surface area (Å²) in [5.74, 6) is 0. The SMILES string of the molecule is CO[Si](O)(O)O.CO[Si](OC)(OC)OC. The lowest BCUT2D eigenvalue weighted by molar-refractivity contribution is 0.0225. The van der Waals surface area contributed by atoms with Crippen LogP contribution in [0.15, 0.2) is 0 Å². The molecule has 0 unspecified atom stereocenters. The highest BCUT2D eigenvalue weighted by Crippen LogP contribution is 2.04. The smallest absolute Gasteiger partial charge is 0.368 e. The van der Waals surface area contributed by atoms with Gasteiger partial charge in [0.15, 0.2) is 0 Å². The molecule has 0 aliphatic heterocycles. The molecule has 8 nitrogen and oxygen atoms in total. The van der Waals surface area contributed by atoms with Crippen molar-refractivity contribution in [1.29, 1.82) is 0 Å². The van der Waals surface area contributed by atoms with Crippen molar-refractivity contribution in [3.8, 4) is 0 Å². The summed E-state index contributed by atoms with van der Waals surface area (Å²) in [6.45, 7) is 0. The molecule has 0 aromatic heterocycles. The normalized spacial score (nSPS) is 12.0. The molecule has 15 heavy (non-hydrogen) atoms. The second kappa shape index (κ2) is 8.29. The Labute approximate surface area is 90.9 Å². The van der Waals surface area contributed by atoms with Gasteiger partial charge in [-0.1, -0.05) is 0 Å². The maximum Gasteiger partial charge on any atom is 0.678 e. The fourth-order valence-electron chi connectivity index (χ4n) is 0.500. The molecule has 0 amide bonds. The van der Waals surface area contributed by atoms with Crippen molar-refractivity contribution in [2.45, 2.75) is 0 Å². The molecule has 0 rings (SSSR count). The Morgan fingerprint density at radius 1 is 0.600 bits per heavy atom. The molecule has 0 spiro atoms. The average molecular weight is 262 g/mol. The molecular weight excluding hydrogens is 244 g/mol. The zero-order valence-corrected chi connectivity index (χ0v) is 11.4. The lowest BCUT2D eigenvalue weighted by Crippen LogP contribution is -2.45. The molecule has 0 radical (unpaired) electrons. The van der Waals surface area contributed by atoms with Crippen molar-refractivity contribution in [3.63, 3.8) is 0 Å². The summed E-state index contributed by atoms with van der Waals surface area (Å²) in [5, 5.41) is 0. The Bertz CT molecular complexity index is 127. The van der Waals surface area contributed by atoms with Gasteiger partial charge < -0.3 is 36.5 Å². The van der Waals surface area contributed by atoms with E-state index in [1.807, 2.05) is 0 Å². The predicted molar refractivity (Wildman–Crippen MR) is 53.2 cm³/mol. The fraction of sp³-hybridized carbons (Fsp3) is 1.00. The van der Waals surface area contributed by atoms with Gasteiger partial charge in [-0.3, -0.25) is 0 Å². The van der Waals surface area contributed by atoms with Gasteiger partial charge in [-0.05, 0) is 0 Å². The van der Waals surface area contributed by atoms with E-state index in [4.69, 9.17) is 32.1 Å². The number of rotatable bonds is 5. The van der Waals surface area contributed by atoms with Gasteiger partial charge in [-0.2, -0.15) is 0 Å². The van der Waals surface area contributed by atoms with Gasteiger partial charge in [0.1, 0.15) is 0 Å². The first-order valence-electron chi connectivity index (χ1n) is 3.73. The van der Waals surface area contributed by atoms with Crippen LogP contribution in [-0.2, 0) is 22.1 Å². The van der Waals surface area contributed by atoms with Crippen LogP contribution in [0.25, 0.3) is 0 Å². The molecule has 10 heteroatoms. The monoisotopic (exact) mass is 262 g/mol. The van der Waals surface area contributed by atoms with Crippen LogP contribution in [-0.4, -0.2) is 68.0 Å². The van der Waals surface area contributed by atoms with E-state index in [1.165, 1.54) is 28.4 Å². The summed E-state index contributed by atoms with van der Waals surface area (Å²) in [4.78, 5) is 23.6. The van der Waals surface area contributed by atoms with Crippen molar-refractivity contribution < 1.29 is 36.5 Å². The molecule has 0 heterocycles. The molecule has 3 N–H and O–H groups in total. The van der Waals surface area contributed by atoms with Crippen molar-refractivity contribution in [1.82, 2.24) is 0 Å². The maximum absolute atomic E-state index is 7.85. The van der Waals surface area contributed by atoms with Crippen LogP contribution < -0.4 is 0 Å². The molecule has 0 fully saturated rings. The van der Waals surface area contributed by atoms with Gasteiger partial charge in [-0.25, -0.2) is 0 Å². The highest BCUT2D eigenvalue weighted by Gasteiger charge is 2.40. The van der Waals surface area contributed by atoms with E-state index < -0.39 is 18.1 Å². The van der Waals surface area contributed by atoms with Gasteiger partial charge in [0.05, 0.1) is 0 Å². The third kappa shape index (κ3) is 9.07. The molecule has 0 aliphatic carbocycles. The van der Waals surface area contributed by atoms with Crippen LogP contribution in [0.2, 0.25) is 0 Å². The van der Waals surface area contributed by atoms with Gasteiger partial charge in [0.25, 0.3) is 0 Å². The minimum Gasteiger partial charge on any atom is -0.368 e. The van der Waals surface area contributed by atoms with Crippen LogP contribution >= 0.6 is 0 Å². The first-order chi connectivity index (χ1) is 6.80. The molecule has 0 aromatic rings. The van der Waals surface area contributed by atoms with Crippen molar-refractivity contribution in [3.05, 3.63) is 0 Å². The summed E-state index contributed by atoms with van der Waals surface area (Å²) in [7, 11) is 0.153. The predicted octanol–water partition coefficient (Wildman–Crippen LogP) is -1.95. The van der Waals surface area contributed by atoms with E-state index in [0.717, 1.165) is 7.11 Å². The summed E-state index contributed by atoms with van der Waals surface area (Å²) in [6, 6.07) is 0. The number of hydrogen-bond acceptors (Lipinski definition) is 8. The van der Waals surface area contributed by atoms with Crippen LogP contribution in [0, 0.1) is 0 Å². The molecule has 0 aliphatic rings. The van der Waals surface area contributed by atoms with E-state index in [1.54, 1.807) is 0 Å². The largest absolute Gasteiger partial charge is 0.678 e. The van der Waals surface area contributed by atoms with Gasteiger partial charge in [-0.15, -0.1) is 0 Å². The second-order valence-electron chi connectivity index (χ2n) is 2.09. The Morgan fingerprint density at radius 2 is 0.800 bits per heavy atom. The molecule has 0 aromatic carbocycles. The van der Waals surface area contributed by atoms with Crippen LogP contribution in [0.1, 0.15) is 0 Å². The third-order valence-electron chi connectivity index (χ3n) is 1.27. The minimum absolute atomic E-state index is 1.02. The number of hydrogen-bond donors (Lipinski definition) is 3. The Morgan fingerprint density at radius 3 is 0.800 bits per heavy atom. The van der Waals surface area contributed by atoms with Crippen LogP contribution in [0.3, 0.4) is 0 Å². The molecule has 0 bridgehead atoms. The van der Waals surface area contributed by atoms with E-state index >= 15 is 0 Å². The topological polar surface area (TPSA) is 107 Å². The van der Waals surface area contributed by atoms with E-state index in [0.29, 0.717) is 0 Å². The highest BCUT2D eigenvalue weighted by atomic mass is 28.4. The molecule has 0 saturated carbocycles. The van der Waals surface area contributed by atoms with Gasteiger partial charge >= 0.3 is 18.1 Å². The summed E-state index contributed by atoms with van der Waals surface area (Å²) < 4.78 is 23.2. The Balaban J connectivity index is 0. The summed E-state index contributed by atoms with van der Waals surface area (Å²) >= 11 is 0. The van der Waals surface area contributed by atoms with Crippen molar-refractivity contribution in [2.24, 2.45) is 0 Å². The zero-order valence-electron chi connectivity index (χ0n) is 9.38. The molecule has 94 valence electrons. The van der Waals surface area contributed by atoms with Gasteiger partial charge in [0.2, 0.25) is 0 Å². The molecule has 0 atom stereocenters. The van der Waals surface area contributed by atoms with Crippen LogP contribution in [0.4, 0.5) is 0 Å². The average Bonchev–Trinajstić information content (AvgIpc) is 2.22. The Kier molecular flexibility index (Phi) is 9.67. The lowest BCUT2D eigenvalue weighted by atomic mass is 11.8. The minimum atomic E-state index is -4.13. The first-order valence-corrected chi connectivity index (χ1v) is 7.12. The quantitative estimate of drug-likeness (QED) is 0.491. The lowest BCUT2D eigenvalue weighted by Gasteiger charge is -2.19. The van der Waals surface area contributed by atoms with Crippen molar-refractivity contribution >= 4 is 18.1 Å². The summed E-state index contributed by atoms with van der Waals surface area (Å²) in [5.41, 5.74) is 0.